The molecule has 31 heavy (non-hydrogen) atoms. The van der Waals surface area contributed by atoms with Gasteiger partial charge in [0.1, 0.15) is 11.8 Å². The fraction of sp³-hybridized carbons (Fsp3) is 0.480. The summed E-state index contributed by atoms with van der Waals surface area (Å²) in [5.74, 6) is 0.147. The Morgan fingerprint density at radius 3 is 2.42 bits per heavy atom. The molecular weight excluding hydrogens is 414 g/mol. The van der Waals surface area contributed by atoms with Crippen LogP contribution in [0, 0.1) is 0 Å². The second kappa shape index (κ2) is 12.7. The van der Waals surface area contributed by atoms with Gasteiger partial charge in [-0.3, -0.25) is 9.69 Å². The molecule has 1 N–H and O–H groups in total. The molecule has 3 rings (SSSR count). The minimum Gasteiger partial charge on any atom is -0.497 e. The van der Waals surface area contributed by atoms with E-state index in [1.165, 1.54) is 5.56 Å². The second-order valence-electron chi connectivity index (χ2n) is 7.93. The zero-order chi connectivity index (χ0) is 21.3. The smallest absolute Gasteiger partial charge is 0.320 e. The zero-order valence-electron chi connectivity index (χ0n) is 18.5. The van der Waals surface area contributed by atoms with E-state index in [1.807, 2.05) is 24.3 Å². The first-order valence-corrected chi connectivity index (χ1v) is 10.9. The van der Waals surface area contributed by atoms with Crippen LogP contribution in [0.4, 0.5) is 0 Å². The van der Waals surface area contributed by atoms with E-state index in [9.17, 15) is 9.90 Å². The molecule has 1 fully saturated rings. The molecule has 1 aliphatic rings. The van der Waals surface area contributed by atoms with Crippen LogP contribution in [0.5, 0.6) is 5.75 Å². The van der Waals surface area contributed by atoms with E-state index in [4.69, 9.17) is 9.47 Å². The molecule has 6 heteroatoms. The highest BCUT2D eigenvalue weighted by molar-refractivity contribution is 5.85. The molecule has 1 saturated heterocycles. The van der Waals surface area contributed by atoms with Crippen LogP contribution < -0.4 is 4.74 Å². The highest BCUT2D eigenvalue weighted by atomic mass is 35.5. The Morgan fingerprint density at radius 2 is 1.81 bits per heavy atom. The van der Waals surface area contributed by atoms with Crippen molar-refractivity contribution in [2.24, 2.45) is 0 Å². The molecule has 0 aliphatic carbocycles. The van der Waals surface area contributed by atoms with E-state index in [-0.39, 0.29) is 24.6 Å². The SMILES string of the molecule is CCCCC(C(=O)O)N1CCC(OCc2ccccc2-c2ccc(OC)cc2)CC1.Cl. The lowest BCUT2D eigenvalue weighted by Crippen LogP contribution is -2.47. The number of carbonyl (C=O) groups is 1. The number of likely N-dealkylation sites (tertiary alicyclic amines) is 1. The standard InChI is InChI=1S/C25H33NO4.ClH/c1-3-4-9-24(25(27)28)26-16-14-22(15-17-26)30-18-20-7-5-6-8-23(20)19-10-12-21(29-2)13-11-19;/h5-8,10-13,22,24H,3-4,9,14-18H2,1-2H3,(H,27,28);1H. The van der Waals surface area contributed by atoms with Gasteiger partial charge in [-0.05, 0) is 48.1 Å². The predicted molar refractivity (Wildman–Crippen MR) is 126 cm³/mol. The first-order valence-electron chi connectivity index (χ1n) is 10.9. The highest BCUT2D eigenvalue weighted by Crippen LogP contribution is 2.27. The maximum atomic E-state index is 11.6. The fourth-order valence-corrected chi connectivity index (χ4v) is 4.12. The Morgan fingerprint density at radius 1 is 1.13 bits per heavy atom. The van der Waals surface area contributed by atoms with Gasteiger partial charge in [-0.15, -0.1) is 12.4 Å². The van der Waals surface area contributed by atoms with Crippen LogP contribution in [-0.4, -0.2) is 48.3 Å². The molecule has 0 bridgehead atoms. The molecule has 0 amide bonds. The average Bonchev–Trinajstić information content (AvgIpc) is 2.79. The van der Waals surface area contributed by atoms with E-state index in [0.29, 0.717) is 6.61 Å². The third kappa shape index (κ3) is 6.96. The molecule has 1 heterocycles. The van der Waals surface area contributed by atoms with Gasteiger partial charge in [0.25, 0.3) is 0 Å². The van der Waals surface area contributed by atoms with Crippen molar-refractivity contribution in [2.75, 3.05) is 20.2 Å². The van der Waals surface area contributed by atoms with Crippen LogP contribution in [0.2, 0.25) is 0 Å². The summed E-state index contributed by atoms with van der Waals surface area (Å²) < 4.78 is 11.5. The maximum Gasteiger partial charge on any atom is 0.320 e. The lowest BCUT2D eigenvalue weighted by atomic mass is 9.99. The zero-order valence-corrected chi connectivity index (χ0v) is 19.3. The number of nitrogens with zero attached hydrogens (tertiary/aromatic N) is 1. The van der Waals surface area contributed by atoms with Crippen molar-refractivity contribution in [2.45, 2.75) is 57.8 Å². The molecule has 5 nitrogen and oxygen atoms in total. The normalized spacial score (nSPS) is 15.8. The predicted octanol–water partition coefficient (Wildman–Crippen LogP) is 5.41. The molecule has 0 saturated carbocycles. The number of piperidine rings is 1. The van der Waals surface area contributed by atoms with Crippen molar-refractivity contribution in [3.8, 4) is 16.9 Å². The summed E-state index contributed by atoms with van der Waals surface area (Å²) >= 11 is 0. The number of aliphatic carboxylic acids is 1. The van der Waals surface area contributed by atoms with Gasteiger partial charge in [-0.2, -0.15) is 0 Å². The minimum atomic E-state index is -0.698. The molecule has 1 atom stereocenters. The Bertz CT molecular complexity index is 803. The van der Waals surface area contributed by atoms with Crippen molar-refractivity contribution in [1.82, 2.24) is 4.90 Å². The van der Waals surface area contributed by atoms with Crippen LogP contribution in [0.3, 0.4) is 0 Å². The largest absolute Gasteiger partial charge is 0.497 e. The maximum absolute atomic E-state index is 11.6. The Kier molecular flexibility index (Phi) is 10.3. The number of benzene rings is 2. The van der Waals surface area contributed by atoms with Gasteiger partial charge in [0, 0.05) is 13.1 Å². The van der Waals surface area contributed by atoms with Crippen molar-refractivity contribution in [3.05, 3.63) is 54.1 Å². The summed E-state index contributed by atoms with van der Waals surface area (Å²) in [5, 5.41) is 9.56. The van der Waals surface area contributed by atoms with E-state index < -0.39 is 5.97 Å². The minimum absolute atomic E-state index is 0. The van der Waals surface area contributed by atoms with Crippen LogP contribution in [0.25, 0.3) is 11.1 Å². The molecule has 0 spiro atoms. The number of ether oxygens (including phenoxy) is 2. The Balaban J connectivity index is 0.00000341. The Hall–Kier alpha value is -2.08. The lowest BCUT2D eigenvalue weighted by Gasteiger charge is -2.35. The number of unbranched alkanes of at least 4 members (excludes halogenated alkanes) is 1. The first kappa shape index (κ1) is 25.2. The van der Waals surface area contributed by atoms with E-state index in [2.05, 4.69) is 36.1 Å². The highest BCUT2D eigenvalue weighted by Gasteiger charge is 2.29. The summed E-state index contributed by atoms with van der Waals surface area (Å²) in [6.07, 6.45) is 4.63. The fourth-order valence-electron chi connectivity index (χ4n) is 4.12. The number of hydrogen-bond donors (Lipinski definition) is 1. The van der Waals surface area contributed by atoms with Gasteiger partial charge in [0.15, 0.2) is 0 Å². The number of hydrogen-bond acceptors (Lipinski definition) is 4. The Labute approximate surface area is 191 Å². The summed E-state index contributed by atoms with van der Waals surface area (Å²) in [6, 6.07) is 16.0. The van der Waals surface area contributed by atoms with E-state index in [0.717, 1.165) is 62.1 Å². The summed E-state index contributed by atoms with van der Waals surface area (Å²) in [4.78, 5) is 13.7. The first-order chi connectivity index (χ1) is 14.6. The number of carboxylic acid groups (broad SMARTS) is 1. The molecule has 1 aliphatic heterocycles. The lowest BCUT2D eigenvalue weighted by molar-refractivity contribution is -0.145. The molecule has 1 unspecified atom stereocenters. The monoisotopic (exact) mass is 447 g/mol. The van der Waals surface area contributed by atoms with Crippen LogP contribution in [0.1, 0.15) is 44.6 Å². The van der Waals surface area contributed by atoms with Crippen molar-refractivity contribution < 1.29 is 19.4 Å². The number of halogens is 1. The van der Waals surface area contributed by atoms with Crippen LogP contribution in [0.15, 0.2) is 48.5 Å². The third-order valence-corrected chi connectivity index (χ3v) is 5.93. The number of methoxy groups -OCH3 is 1. The van der Waals surface area contributed by atoms with E-state index >= 15 is 0 Å². The molecule has 0 aromatic heterocycles. The summed E-state index contributed by atoms with van der Waals surface area (Å²) in [5.41, 5.74) is 3.48. The second-order valence-corrected chi connectivity index (χ2v) is 7.93. The van der Waals surface area contributed by atoms with Gasteiger partial charge < -0.3 is 14.6 Å². The molecule has 170 valence electrons. The summed E-state index contributed by atoms with van der Waals surface area (Å²) in [7, 11) is 1.67. The van der Waals surface area contributed by atoms with Crippen LogP contribution >= 0.6 is 12.4 Å². The van der Waals surface area contributed by atoms with Gasteiger partial charge in [-0.1, -0.05) is 56.2 Å². The van der Waals surface area contributed by atoms with Crippen molar-refractivity contribution in [3.63, 3.8) is 0 Å². The van der Waals surface area contributed by atoms with Gasteiger partial charge in [-0.25, -0.2) is 0 Å². The van der Waals surface area contributed by atoms with Gasteiger partial charge >= 0.3 is 5.97 Å². The average molecular weight is 448 g/mol. The molecule has 2 aromatic rings. The number of carboxylic acids is 1. The molecule has 0 radical (unpaired) electrons. The van der Waals surface area contributed by atoms with Crippen molar-refractivity contribution >= 4 is 18.4 Å². The van der Waals surface area contributed by atoms with Crippen molar-refractivity contribution in [1.29, 1.82) is 0 Å². The quantitative estimate of drug-likeness (QED) is 0.527. The van der Waals surface area contributed by atoms with Crippen LogP contribution in [-0.2, 0) is 16.1 Å². The van der Waals surface area contributed by atoms with Gasteiger partial charge in [0.05, 0.1) is 19.8 Å². The van der Waals surface area contributed by atoms with E-state index in [1.54, 1.807) is 7.11 Å². The third-order valence-electron chi connectivity index (χ3n) is 5.93. The molecular formula is C25H34ClNO4. The topological polar surface area (TPSA) is 59.0 Å². The number of rotatable bonds is 10. The molecule has 2 aromatic carbocycles. The summed E-state index contributed by atoms with van der Waals surface area (Å²) in [6.45, 7) is 4.23. The van der Waals surface area contributed by atoms with Gasteiger partial charge in [0.2, 0.25) is 0 Å².